The minimum atomic E-state index is -2.22. The number of benzene rings is 2. The molecule has 184 valence electrons. The van der Waals surface area contributed by atoms with E-state index < -0.39 is 16.1 Å². The second-order valence-corrected chi connectivity index (χ2v) is 20.3. The van der Waals surface area contributed by atoms with Crippen molar-refractivity contribution in [2.45, 2.75) is 79.7 Å². The van der Waals surface area contributed by atoms with E-state index in [4.69, 9.17) is 0 Å². The van der Waals surface area contributed by atoms with Crippen molar-refractivity contribution in [1.82, 2.24) is 0 Å². The van der Waals surface area contributed by atoms with Crippen LogP contribution in [0.1, 0.15) is 44.4 Å². The Bertz CT molecular complexity index is 1070. The van der Waals surface area contributed by atoms with Crippen LogP contribution < -0.4 is 15.6 Å². The molecule has 0 radical (unpaired) electrons. The Hall–Kier alpha value is -0.932. The first-order valence-corrected chi connectivity index (χ1v) is 17.2. The maximum absolute atomic E-state index is 4.01. The number of hydrogen-bond acceptors (Lipinski definition) is 0. The molecule has 3 rings (SSSR count). The third-order valence-corrected chi connectivity index (χ3v) is 15.3. The van der Waals surface area contributed by atoms with E-state index in [9.17, 15) is 0 Å². The van der Waals surface area contributed by atoms with Crippen molar-refractivity contribution in [3.8, 4) is 0 Å². The molecule has 34 heavy (non-hydrogen) atoms. The summed E-state index contributed by atoms with van der Waals surface area (Å²) in [4.78, 5) is 0. The summed E-state index contributed by atoms with van der Waals surface area (Å²) >= 11 is 0. The second kappa shape index (κ2) is 11.9. The maximum atomic E-state index is 4.01. The molecule has 0 saturated carbocycles. The minimum absolute atomic E-state index is 0. The summed E-state index contributed by atoms with van der Waals surface area (Å²) in [5.74, 6) is 0. The smallest absolute Gasteiger partial charge is 0.358 e. The van der Waals surface area contributed by atoms with Gasteiger partial charge in [-0.15, -0.1) is 6.92 Å². The molecule has 0 spiro atoms. The number of aryl methyl sites for hydroxylation is 3. The summed E-state index contributed by atoms with van der Waals surface area (Å²) in [7, 11) is -3.65. The van der Waals surface area contributed by atoms with E-state index in [0.29, 0.717) is 0 Å². The van der Waals surface area contributed by atoms with Gasteiger partial charge in [-0.3, -0.25) is 6.08 Å². The van der Waals surface area contributed by atoms with Crippen LogP contribution in [-0.2, 0) is 21.7 Å². The molecule has 3 heteroatoms. The van der Waals surface area contributed by atoms with Crippen LogP contribution in [0.15, 0.2) is 53.1 Å². The quantitative estimate of drug-likeness (QED) is 0.286. The summed E-state index contributed by atoms with van der Waals surface area (Å²) in [6.45, 7) is 26.1. The van der Waals surface area contributed by atoms with Crippen molar-refractivity contribution in [1.29, 1.82) is 0 Å². The zero-order valence-electron chi connectivity index (χ0n) is 24.5. The summed E-state index contributed by atoms with van der Waals surface area (Å²) < 4.78 is 0. The van der Waals surface area contributed by atoms with E-state index in [0.717, 1.165) is 0 Å². The Labute approximate surface area is 230 Å². The van der Waals surface area contributed by atoms with Gasteiger partial charge in [-0.05, 0) is 20.8 Å². The van der Waals surface area contributed by atoms with Gasteiger partial charge in [0, 0.05) is 0 Å². The summed E-state index contributed by atoms with van der Waals surface area (Å²) in [5.41, 5.74) is 8.44. The Kier molecular flexibility index (Phi) is 12.3. The molecular formula is C31H48Si2Ti. The molecule has 1 aliphatic carbocycles. The predicted molar refractivity (Wildman–Crippen MR) is 159 cm³/mol. The molecule has 0 amide bonds. The van der Waals surface area contributed by atoms with Crippen LogP contribution in [0.5, 0.6) is 0 Å². The third kappa shape index (κ3) is 5.72. The Balaban J connectivity index is 0. The van der Waals surface area contributed by atoms with Gasteiger partial charge in [0.25, 0.3) is 0 Å². The van der Waals surface area contributed by atoms with E-state index >= 15 is 0 Å². The Morgan fingerprint density at radius 3 is 1.71 bits per heavy atom. The Morgan fingerprint density at radius 1 is 0.706 bits per heavy atom. The molecule has 2 unspecified atom stereocenters. The average Bonchev–Trinajstić information content (AvgIpc) is 2.85. The SMILES string of the molecule is CC1=[C-]C(C)([Si](C)(c2cc(C)cc([Si](C)(C)C)c2)c2cc(C)ccc2C)C(C)=C1C.[CH3-].[CH3-].[CH3-].[Ti+4]. The van der Waals surface area contributed by atoms with Crippen LogP contribution in [0.4, 0.5) is 0 Å². The molecule has 0 saturated heterocycles. The molecule has 0 aromatic heterocycles. The van der Waals surface area contributed by atoms with Gasteiger partial charge in [-0.25, -0.2) is 5.57 Å². The van der Waals surface area contributed by atoms with Crippen molar-refractivity contribution in [2.75, 3.05) is 0 Å². The zero-order valence-corrected chi connectivity index (χ0v) is 28.0. The molecule has 0 bridgehead atoms. The largest absolute Gasteiger partial charge is 4.00 e. The van der Waals surface area contributed by atoms with Gasteiger partial charge in [0.05, 0.1) is 8.07 Å². The van der Waals surface area contributed by atoms with Crippen molar-refractivity contribution < 1.29 is 21.7 Å². The van der Waals surface area contributed by atoms with Crippen LogP contribution in [0.2, 0.25) is 31.2 Å². The van der Waals surface area contributed by atoms with Crippen molar-refractivity contribution in [3.63, 3.8) is 0 Å². The van der Waals surface area contributed by atoms with Gasteiger partial charge in [-0.1, -0.05) is 121 Å². The average molecular weight is 525 g/mol. The van der Waals surface area contributed by atoms with Crippen LogP contribution in [0.25, 0.3) is 0 Å². The van der Waals surface area contributed by atoms with Gasteiger partial charge < -0.3 is 22.3 Å². The number of rotatable bonds is 4. The Morgan fingerprint density at radius 2 is 1.24 bits per heavy atom. The van der Waals surface area contributed by atoms with Gasteiger partial charge in [0.15, 0.2) is 0 Å². The topological polar surface area (TPSA) is 0 Å². The first kappa shape index (κ1) is 35.2. The summed E-state index contributed by atoms with van der Waals surface area (Å²) in [6, 6.07) is 14.6. The fourth-order valence-corrected chi connectivity index (χ4v) is 11.8. The molecule has 0 fully saturated rings. The van der Waals surface area contributed by atoms with Crippen molar-refractivity contribution in [2.24, 2.45) is 0 Å². The molecular weight excluding hydrogens is 476 g/mol. The third-order valence-electron chi connectivity index (χ3n) is 7.76. The van der Waals surface area contributed by atoms with Crippen LogP contribution in [0.3, 0.4) is 0 Å². The van der Waals surface area contributed by atoms with E-state index in [1.54, 1.807) is 15.6 Å². The monoisotopic (exact) mass is 524 g/mol. The van der Waals surface area contributed by atoms with E-state index in [1.165, 1.54) is 33.4 Å². The summed E-state index contributed by atoms with van der Waals surface area (Å²) in [6.07, 6.45) is 4.01. The number of hydrogen-bond donors (Lipinski definition) is 0. The first-order valence-electron chi connectivity index (χ1n) is 11.2. The normalized spacial score (nSPS) is 19.1. The van der Waals surface area contributed by atoms with E-state index in [2.05, 4.69) is 117 Å². The van der Waals surface area contributed by atoms with Gasteiger partial charge in [-0.2, -0.15) is 11.1 Å². The summed E-state index contributed by atoms with van der Waals surface area (Å²) in [5, 5.41) is 4.64. The molecule has 2 aromatic carbocycles. The van der Waals surface area contributed by atoms with E-state index in [1.807, 2.05) is 0 Å². The molecule has 0 nitrogen and oxygen atoms in total. The molecule has 2 aromatic rings. The molecule has 0 heterocycles. The first-order chi connectivity index (χ1) is 13.7. The fourth-order valence-electron chi connectivity index (χ4n) is 5.21. The minimum Gasteiger partial charge on any atom is -0.358 e. The van der Waals surface area contributed by atoms with E-state index in [-0.39, 0.29) is 49.0 Å². The molecule has 0 aliphatic heterocycles. The van der Waals surface area contributed by atoms with Gasteiger partial charge in [0.2, 0.25) is 0 Å². The molecule has 2 atom stereocenters. The van der Waals surface area contributed by atoms with Crippen LogP contribution >= 0.6 is 0 Å². The number of allylic oxidation sites excluding steroid dienone is 4. The zero-order chi connectivity index (χ0) is 22.6. The standard InChI is InChI=1S/C28H39Si2.3CH3.Ti/c1-19-12-13-21(3)27(16-19)30(11,28(7)18-22(4)23(5)24(28)6)26-15-20(2)14-25(17-26)29(8,9)10;;;;/h12-17H,1-11H3;3*1H3;/q4*-1;+4. The fraction of sp³-hybridized carbons (Fsp3) is 0.387. The molecule has 0 N–H and O–H groups in total. The van der Waals surface area contributed by atoms with Crippen LogP contribution in [-0.4, -0.2) is 16.1 Å². The van der Waals surface area contributed by atoms with Crippen molar-refractivity contribution in [3.05, 3.63) is 98.2 Å². The van der Waals surface area contributed by atoms with Gasteiger partial charge in [0.1, 0.15) is 8.07 Å². The predicted octanol–water partition coefficient (Wildman–Crippen LogP) is 7.56. The molecule has 1 aliphatic rings. The van der Waals surface area contributed by atoms with Gasteiger partial charge >= 0.3 is 21.7 Å². The van der Waals surface area contributed by atoms with Crippen LogP contribution in [0, 0.1) is 49.1 Å². The maximum Gasteiger partial charge on any atom is 4.00 e. The van der Waals surface area contributed by atoms with Crippen molar-refractivity contribution >= 4 is 31.7 Å². The second-order valence-electron chi connectivity index (χ2n) is 10.9.